The van der Waals surface area contributed by atoms with Gasteiger partial charge in [0, 0.05) is 12.4 Å². The summed E-state index contributed by atoms with van der Waals surface area (Å²) < 4.78 is 0. The van der Waals surface area contributed by atoms with Gasteiger partial charge in [0.25, 0.3) is 0 Å². The molecule has 0 N–H and O–H groups in total. The number of nitrogens with zero attached hydrogens (tertiary/aromatic N) is 2. The first-order valence-electron chi connectivity index (χ1n) is 7.43. The van der Waals surface area contributed by atoms with Crippen molar-refractivity contribution in [3.8, 4) is 22.9 Å². The van der Waals surface area contributed by atoms with Crippen LogP contribution in [-0.4, -0.2) is 9.97 Å². The fourth-order valence-corrected chi connectivity index (χ4v) is 2.23. The minimum Gasteiger partial charge on any atom is -0.873 e. The predicted octanol–water partition coefficient (Wildman–Crippen LogP) is 3.13. The van der Waals surface area contributed by atoms with Crippen LogP contribution in [0.1, 0.15) is 0 Å². The first-order chi connectivity index (χ1) is 11.7. The van der Waals surface area contributed by atoms with E-state index in [4.69, 9.17) is 0 Å². The molecule has 0 unspecified atom stereocenters. The van der Waals surface area contributed by atoms with Gasteiger partial charge in [-0.25, -0.2) is 0 Å². The summed E-state index contributed by atoms with van der Waals surface area (Å²) >= 11 is 0. The summed E-state index contributed by atoms with van der Waals surface area (Å²) in [4.78, 5) is 8.37. The Hall–Kier alpha value is -2.74. The summed E-state index contributed by atoms with van der Waals surface area (Å²) in [6, 6.07) is 21.7. The van der Waals surface area contributed by atoms with E-state index in [-0.39, 0.29) is 20.4 Å². The molecule has 0 saturated carbocycles. The second-order valence-electron chi connectivity index (χ2n) is 5.08. The van der Waals surface area contributed by atoms with Crippen molar-refractivity contribution < 1.29 is 30.6 Å². The van der Waals surface area contributed by atoms with E-state index in [9.17, 15) is 10.2 Å². The Balaban J connectivity index is 0.000000173. The van der Waals surface area contributed by atoms with Crippen molar-refractivity contribution in [2.75, 3.05) is 0 Å². The van der Waals surface area contributed by atoms with E-state index in [0.29, 0.717) is 0 Å². The Morgan fingerprint density at radius 2 is 0.960 bits per heavy atom. The van der Waals surface area contributed by atoms with Crippen molar-refractivity contribution in [1.82, 2.24) is 9.97 Å². The van der Waals surface area contributed by atoms with Gasteiger partial charge in [0.15, 0.2) is 0 Å². The summed E-state index contributed by atoms with van der Waals surface area (Å²) in [5.74, 6) is -0.873. The Morgan fingerprint density at radius 3 is 1.32 bits per heavy atom. The van der Waals surface area contributed by atoms with Gasteiger partial charge in [-0.2, -0.15) is 0 Å². The average molecular weight is 421 g/mol. The molecule has 2 aromatic carbocycles. The van der Waals surface area contributed by atoms with Crippen LogP contribution in [0.4, 0.5) is 0 Å². The zero-order valence-electron chi connectivity index (χ0n) is 13.1. The third kappa shape index (κ3) is 4.87. The van der Waals surface area contributed by atoms with Crippen LogP contribution >= 0.6 is 0 Å². The summed E-state index contributed by atoms with van der Waals surface area (Å²) in [5, 5.41) is 23.5. The van der Waals surface area contributed by atoms with Crippen LogP contribution in [0.15, 0.2) is 85.2 Å². The molecule has 0 aliphatic rings. The van der Waals surface area contributed by atoms with Crippen LogP contribution in [-0.2, 0) is 20.4 Å². The molecule has 4 rings (SSSR count). The molecule has 0 aliphatic heterocycles. The topological polar surface area (TPSA) is 71.9 Å². The van der Waals surface area contributed by atoms with Crippen molar-refractivity contribution in [2.45, 2.75) is 0 Å². The van der Waals surface area contributed by atoms with Crippen molar-refractivity contribution in [3.63, 3.8) is 0 Å². The molecule has 2 heterocycles. The van der Waals surface area contributed by atoms with Crippen molar-refractivity contribution in [3.05, 3.63) is 85.2 Å². The smallest absolute Gasteiger partial charge is 0.873 e. The van der Waals surface area contributed by atoms with Crippen LogP contribution in [0.25, 0.3) is 22.2 Å². The minimum atomic E-state index is -0.436. The van der Waals surface area contributed by atoms with Gasteiger partial charge >= 0.3 is 20.4 Å². The van der Waals surface area contributed by atoms with Crippen molar-refractivity contribution in [2.24, 2.45) is 0 Å². The number of hydrogen-bond donors (Lipinski definition) is 0. The Kier molecular flexibility index (Phi) is 6.64. The summed E-state index contributed by atoms with van der Waals surface area (Å²) in [6.07, 6.45) is 3.54. The molecule has 0 atom stereocenters. The standard InChI is InChI=1S/C10H8N2.C10H8O2.Pd/c1-3-7-11-9(5-1)10-6-2-4-8-12-10;11-9-5-7-3-1-2-4-8(7)6-10(9)12;/h1-8H;1-6,11-12H;/q;;+2/p-2. The summed E-state index contributed by atoms with van der Waals surface area (Å²) in [5.41, 5.74) is 1.83. The van der Waals surface area contributed by atoms with Gasteiger partial charge in [0.2, 0.25) is 0 Å². The summed E-state index contributed by atoms with van der Waals surface area (Å²) in [7, 11) is 0. The van der Waals surface area contributed by atoms with Gasteiger partial charge in [-0.05, 0) is 35.0 Å². The molecule has 0 amide bonds. The van der Waals surface area contributed by atoms with Crippen molar-refractivity contribution >= 4 is 10.8 Å². The maximum absolute atomic E-state index is 10.9. The third-order valence-electron chi connectivity index (χ3n) is 3.40. The van der Waals surface area contributed by atoms with Gasteiger partial charge in [0.1, 0.15) is 0 Å². The van der Waals surface area contributed by atoms with Crippen LogP contribution in [0.5, 0.6) is 11.5 Å². The molecule has 4 nitrogen and oxygen atoms in total. The Morgan fingerprint density at radius 1 is 0.560 bits per heavy atom. The molecule has 0 fully saturated rings. The second kappa shape index (κ2) is 8.93. The number of hydrogen-bond acceptors (Lipinski definition) is 4. The molecule has 0 saturated heterocycles. The molecule has 0 bridgehead atoms. The molecule has 4 aromatic rings. The normalized spacial score (nSPS) is 9.60. The van der Waals surface area contributed by atoms with Gasteiger partial charge in [-0.1, -0.05) is 48.5 Å². The first kappa shape index (κ1) is 18.6. The second-order valence-corrected chi connectivity index (χ2v) is 5.08. The van der Waals surface area contributed by atoms with E-state index in [0.717, 1.165) is 22.2 Å². The van der Waals surface area contributed by atoms with E-state index >= 15 is 0 Å². The molecular weight excluding hydrogens is 407 g/mol. The minimum absolute atomic E-state index is 0. The van der Waals surface area contributed by atoms with Gasteiger partial charge in [0.05, 0.1) is 11.4 Å². The average Bonchev–Trinajstić information content (AvgIpc) is 2.65. The van der Waals surface area contributed by atoms with Crippen LogP contribution in [0, 0.1) is 0 Å². The zero-order valence-corrected chi connectivity index (χ0v) is 14.7. The SMILES string of the molecule is [O-]c1cc2ccccc2cc1[O-].[Pd+2].c1ccc(-c2ccccn2)nc1. The van der Waals surface area contributed by atoms with E-state index in [1.54, 1.807) is 12.4 Å². The molecule has 0 radical (unpaired) electrons. The molecule has 5 heteroatoms. The number of aromatic nitrogens is 2. The van der Waals surface area contributed by atoms with Crippen LogP contribution in [0.3, 0.4) is 0 Å². The quantitative estimate of drug-likeness (QED) is 0.444. The number of fused-ring (bicyclic) bond motifs is 1. The maximum Gasteiger partial charge on any atom is 2.00 e. The molecule has 0 aliphatic carbocycles. The van der Waals surface area contributed by atoms with Crippen molar-refractivity contribution in [1.29, 1.82) is 0 Å². The fraction of sp³-hybridized carbons (Fsp3) is 0. The number of rotatable bonds is 1. The largest absolute Gasteiger partial charge is 2.00 e. The Labute approximate surface area is 159 Å². The Bertz CT molecular complexity index is 854. The van der Waals surface area contributed by atoms with Gasteiger partial charge in [-0.15, -0.1) is 11.5 Å². The van der Waals surface area contributed by atoms with E-state index in [2.05, 4.69) is 9.97 Å². The first-order valence-corrected chi connectivity index (χ1v) is 7.43. The molecule has 126 valence electrons. The van der Waals surface area contributed by atoms with E-state index in [1.807, 2.05) is 60.7 Å². The molecule has 25 heavy (non-hydrogen) atoms. The van der Waals surface area contributed by atoms with E-state index < -0.39 is 11.5 Å². The molecule has 0 spiro atoms. The zero-order chi connectivity index (χ0) is 16.8. The van der Waals surface area contributed by atoms with E-state index in [1.165, 1.54) is 12.1 Å². The molecule has 2 aromatic heterocycles. The molecular formula is C20H14N2O2Pd. The monoisotopic (exact) mass is 420 g/mol. The third-order valence-corrected chi connectivity index (χ3v) is 3.40. The van der Waals surface area contributed by atoms with Gasteiger partial charge < -0.3 is 10.2 Å². The number of pyridine rings is 2. The van der Waals surface area contributed by atoms with Crippen LogP contribution < -0.4 is 10.2 Å². The maximum atomic E-state index is 10.9. The van der Waals surface area contributed by atoms with Crippen LogP contribution in [0.2, 0.25) is 0 Å². The van der Waals surface area contributed by atoms with Gasteiger partial charge in [-0.3, -0.25) is 9.97 Å². The fourth-order valence-electron chi connectivity index (χ4n) is 2.23. The predicted molar refractivity (Wildman–Crippen MR) is 90.3 cm³/mol. The number of benzene rings is 2. The summed E-state index contributed by atoms with van der Waals surface area (Å²) in [6.45, 7) is 0.